The summed E-state index contributed by atoms with van der Waals surface area (Å²) in [6.07, 6.45) is 0.656. The molecule has 1 N–H and O–H groups in total. The standard InChI is InChI=1S/C28H34N6O4/c1-6-24(27-30-31-32-34(27)17-25(35)38-7-2)33(15-20-10-12-22(37-5)13-11-20)16-21-14-23-18(3)8-9-19(4)26(23)29-28(21)36/h8-14,24H,6-7,15-17H2,1-5H3,(H,29,36)/t24-/m1/s1. The second-order valence-corrected chi connectivity index (χ2v) is 9.29. The van der Waals surface area contributed by atoms with Gasteiger partial charge < -0.3 is 14.5 Å². The normalized spacial score (nSPS) is 12.2. The number of benzene rings is 2. The first-order valence-corrected chi connectivity index (χ1v) is 12.7. The predicted molar refractivity (Wildman–Crippen MR) is 144 cm³/mol. The molecule has 0 amide bonds. The minimum Gasteiger partial charge on any atom is -0.497 e. The number of hydrogen-bond donors (Lipinski definition) is 1. The highest BCUT2D eigenvalue weighted by Gasteiger charge is 2.27. The average Bonchev–Trinajstić information content (AvgIpc) is 3.35. The number of hydrogen-bond acceptors (Lipinski definition) is 8. The molecule has 0 fully saturated rings. The van der Waals surface area contributed by atoms with Gasteiger partial charge in [-0.3, -0.25) is 14.5 Å². The van der Waals surface area contributed by atoms with Crippen molar-refractivity contribution in [1.29, 1.82) is 0 Å². The molecule has 0 bridgehead atoms. The van der Waals surface area contributed by atoms with Crippen LogP contribution in [0.15, 0.2) is 47.3 Å². The molecule has 0 aliphatic carbocycles. The topological polar surface area (TPSA) is 115 Å². The molecule has 0 saturated heterocycles. The minimum absolute atomic E-state index is 0.0852. The second kappa shape index (κ2) is 12.0. The highest BCUT2D eigenvalue weighted by atomic mass is 16.5. The SMILES string of the molecule is CCOC(=O)Cn1nnnc1[C@@H](CC)N(Cc1ccc(OC)cc1)Cc1cc2c(C)ccc(C)c2[nH]c1=O. The van der Waals surface area contributed by atoms with Gasteiger partial charge in [-0.1, -0.05) is 31.2 Å². The zero-order chi connectivity index (χ0) is 27.2. The molecule has 0 unspecified atom stereocenters. The van der Waals surface area contributed by atoms with Gasteiger partial charge in [0.15, 0.2) is 5.82 Å². The molecule has 38 heavy (non-hydrogen) atoms. The molecule has 2 aromatic carbocycles. The third-order valence-corrected chi connectivity index (χ3v) is 6.71. The third-order valence-electron chi connectivity index (χ3n) is 6.71. The number of pyridine rings is 1. The van der Waals surface area contributed by atoms with E-state index in [0.717, 1.165) is 33.3 Å². The van der Waals surface area contributed by atoms with Crippen LogP contribution in [0.2, 0.25) is 0 Å². The maximum Gasteiger partial charge on any atom is 0.327 e. The first-order valence-electron chi connectivity index (χ1n) is 12.7. The summed E-state index contributed by atoms with van der Waals surface area (Å²) in [5.41, 5.74) is 4.52. The zero-order valence-corrected chi connectivity index (χ0v) is 22.5. The molecule has 2 aromatic heterocycles. The number of fused-ring (bicyclic) bond motifs is 1. The lowest BCUT2D eigenvalue weighted by Crippen LogP contribution is -2.33. The van der Waals surface area contributed by atoms with Crippen molar-refractivity contribution in [2.45, 2.75) is 59.8 Å². The monoisotopic (exact) mass is 518 g/mol. The van der Waals surface area contributed by atoms with Gasteiger partial charge in [0.1, 0.15) is 12.3 Å². The van der Waals surface area contributed by atoms with Crippen molar-refractivity contribution in [2.75, 3.05) is 13.7 Å². The van der Waals surface area contributed by atoms with Gasteiger partial charge in [-0.15, -0.1) is 5.10 Å². The molecular formula is C28H34N6O4. The number of aromatic amines is 1. The van der Waals surface area contributed by atoms with Crippen LogP contribution in [0, 0.1) is 13.8 Å². The van der Waals surface area contributed by atoms with Gasteiger partial charge in [0.05, 0.1) is 25.3 Å². The predicted octanol–water partition coefficient (Wildman–Crippen LogP) is 3.86. The van der Waals surface area contributed by atoms with Crippen LogP contribution in [0.4, 0.5) is 0 Å². The number of rotatable bonds is 11. The largest absolute Gasteiger partial charge is 0.497 e. The molecule has 0 aliphatic heterocycles. The van der Waals surface area contributed by atoms with E-state index in [9.17, 15) is 9.59 Å². The Labute approximate surface area is 221 Å². The maximum atomic E-state index is 13.2. The van der Waals surface area contributed by atoms with Gasteiger partial charge in [-0.25, -0.2) is 4.68 Å². The Morgan fingerprint density at radius 1 is 1.08 bits per heavy atom. The van der Waals surface area contributed by atoms with E-state index in [4.69, 9.17) is 9.47 Å². The van der Waals surface area contributed by atoms with Gasteiger partial charge in [-0.05, 0) is 72.5 Å². The highest BCUT2D eigenvalue weighted by molar-refractivity contribution is 5.85. The molecule has 200 valence electrons. The van der Waals surface area contributed by atoms with Crippen LogP contribution in [0.25, 0.3) is 10.9 Å². The first-order chi connectivity index (χ1) is 18.3. The fourth-order valence-electron chi connectivity index (χ4n) is 4.69. The van der Waals surface area contributed by atoms with E-state index in [1.54, 1.807) is 14.0 Å². The summed E-state index contributed by atoms with van der Waals surface area (Å²) in [6, 6.07) is 13.6. The van der Waals surface area contributed by atoms with Gasteiger partial charge >= 0.3 is 5.97 Å². The number of methoxy groups -OCH3 is 1. The lowest BCUT2D eigenvalue weighted by molar-refractivity contribution is -0.144. The number of carbonyl (C=O) groups excluding carboxylic acids is 1. The number of esters is 1. The number of carbonyl (C=O) groups is 1. The molecule has 0 saturated carbocycles. The Bertz CT molecular complexity index is 1460. The maximum absolute atomic E-state index is 13.2. The molecule has 4 rings (SSSR count). The lowest BCUT2D eigenvalue weighted by Gasteiger charge is -2.30. The Morgan fingerprint density at radius 3 is 2.50 bits per heavy atom. The van der Waals surface area contributed by atoms with E-state index in [-0.39, 0.29) is 24.8 Å². The summed E-state index contributed by atoms with van der Waals surface area (Å²) in [7, 11) is 1.63. The van der Waals surface area contributed by atoms with Crippen LogP contribution in [-0.2, 0) is 29.2 Å². The second-order valence-electron chi connectivity index (χ2n) is 9.29. The lowest BCUT2D eigenvalue weighted by atomic mass is 10.0. The van der Waals surface area contributed by atoms with E-state index in [1.165, 1.54) is 4.68 Å². The fourth-order valence-corrected chi connectivity index (χ4v) is 4.69. The Kier molecular flexibility index (Phi) is 8.52. The smallest absolute Gasteiger partial charge is 0.327 e. The summed E-state index contributed by atoms with van der Waals surface area (Å²) in [6.45, 7) is 8.90. The number of tetrazole rings is 1. The number of ether oxygens (including phenoxy) is 2. The summed E-state index contributed by atoms with van der Waals surface area (Å²) in [5.74, 6) is 0.898. The molecule has 10 nitrogen and oxygen atoms in total. The Balaban J connectivity index is 1.74. The average molecular weight is 519 g/mol. The minimum atomic E-state index is -0.408. The molecule has 0 spiro atoms. The summed E-state index contributed by atoms with van der Waals surface area (Å²) >= 11 is 0. The Morgan fingerprint density at radius 2 is 1.82 bits per heavy atom. The van der Waals surface area contributed by atoms with E-state index in [0.29, 0.717) is 30.9 Å². The van der Waals surface area contributed by atoms with Crippen LogP contribution in [0.3, 0.4) is 0 Å². The quantitative estimate of drug-likeness (QED) is 0.298. The zero-order valence-electron chi connectivity index (χ0n) is 22.5. The van der Waals surface area contributed by atoms with Crippen LogP contribution < -0.4 is 10.3 Å². The number of H-pyrrole nitrogens is 1. The van der Waals surface area contributed by atoms with Crippen LogP contribution in [0.5, 0.6) is 5.75 Å². The molecular weight excluding hydrogens is 484 g/mol. The number of nitrogens with zero attached hydrogens (tertiary/aromatic N) is 5. The van der Waals surface area contributed by atoms with Crippen molar-refractivity contribution >= 4 is 16.9 Å². The van der Waals surface area contributed by atoms with Crippen molar-refractivity contribution < 1.29 is 14.3 Å². The van der Waals surface area contributed by atoms with Gasteiger partial charge in [0.2, 0.25) is 0 Å². The number of nitrogens with one attached hydrogen (secondary N) is 1. The van der Waals surface area contributed by atoms with E-state index < -0.39 is 5.97 Å². The number of aryl methyl sites for hydroxylation is 2. The molecule has 4 aromatic rings. The molecule has 0 radical (unpaired) electrons. The summed E-state index contributed by atoms with van der Waals surface area (Å²) in [5, 5.41) is 13.2. The van der Waals surface area contributed by atoms with Crippen molar-refractivity contribution in [2.24, 2.45) is 0 Å². The van der Waals surface area contributed by atoms with Crippen molar-refractivity contribution in [3.05, 3.63) is 80.9 Å². The third kappa shape index (κ3) is 5.91. The van der Waals surface area contributed by atoms with Crippen molar-refractivity contribution in [1.82, 2.24) is 30.1 Å². The fraction of sp³-hybridized carbons (Fsp3) is 0.393. The van der Waals surface area contributed by atoms with Crippen LogP contribution in [0.1, 0.15) is 54.4 Å². The summed E-state index contributed by atoms with van der Waals surface area (Å²) in [4.78, 5) is 30.7. The molecule has 0 aliphatic rings. The van der Waals surface area contributed by atoms with Gasteiger partial charge in [0.25, 0.3) is 5.56 Å². The van der Waals surface area contributed by atoms with E-state index in [1.807, 2.05) is 57.2 Å². The van der Waals surface area contributed by atoms with Crippen molar-refractivity contribution in [3.8, 4) is 5.75 Å². The molecule has 2 heterocycles. The molecule has 10 heteroatoms. The van der Waals surface area contributed by atoms with Crippen LogP contribution in [-0.4, -0.2) is 49.8 Å². The van der Waals surface area contributed by atoms with Crippen LogP contribution >= 0.6 is 0 Å². The van der Waals surface area contributed by atoms with E-state index in [2.05, 4.69) is 31.5 Å². The number of aromatic nitrogens is 5. The first kappa shape index (κ1) is 27.0. The van der Waals surface area contributed by atoms with Gasteiger partial charge in [-0.2, -0.15) is 0 Å². The Hall–Kier alpha value is -4.05. The summed E-state index contributed by atoms with van der Waals surface area (Å²) < 4.78 is 11.9. The highest BCUT2D eigenvalue weighted by Crippen LogP contribution is 2.28. The van der Waals surface area contributed by atoms with Crippen molar-refractivity contribution in [3.63, 3.8) is 0 Å². The molecule has 1 atom stereocenters. The van der Waals surface area contributed by atoms with Gasteiger partial charge in [0, 0.05) is 24.0 Å². The van der Waals surface area contributed by atoms with E-state index >= 15 is 0 Å².